The Morgan fingerprint density at radius 3 is 2.29 bits per heavy atom. The number of methoxy groups -OCH3 is 3. The van der Waals surface area contributed by atoms with Gasteiger partial charge in [-0.25, -0.2) is 4.79 Å². The molecule has 0 aliphatic carbocycles. The fraction of sp³-hybridized carbons (Fsp3) is 0.375. The molecule has 3 atom stereocenters. The van der Waals surface area contributed by atoms with Crippen molar-refractivity contribution in [3.05, 3.63) is 94.0 Å². The zero-order chi connectivity index (χ0) is 35.9. The Kier molecular flexibility index (Phi) is 9.97. The van der Waals surface area contributed by atoms with Gasteiger partial charge in [0.1, 0.15) is 16.4 Å². The van der Waals surface area contributed by atoms with Gasteiger partial charge in [-0.2, -0.15) is 0 Å². The lowest BCUT2D eigenvalue weighted by atomic mass is 9.86. The Bertz CT molecular complexity index is 1950. The second-order valence-electron chi connectivity index (χ2n) is 13.8. The van der Waals surface area contributed by atoms with Crippen molar-refractivity contribution in [2.24, 2.45) is 0 Å². The van der Waals surface area contributed by atoms with Crippen LogP contribution in [0.25, 0.3) is 0 Å². The highest BCUT2D eigenvalue weighted by Crippen LogP contribution is 2.52. The van der Waals surface area contributed by atoms with Crippen molar-refractivity contribution < 1.29 is 42.8 Å². The average Bonchev–Trinajstić information content (AvgIpc) is 3.11. The molecule has 0 radical (unpaired) electrons. The van der Waals surface area contributed by atoms with Crippen molar-refractivity contribution in [1.29, 1.82) is 0 Å². The summed E-state index contributed by atoms with van der Waals surface area (Å²) in [6, 6.07) is 20.1. The fourth-order valence-electron chi connectivity index (χ4n) is 8.01. The molecule has 6 bridgehead atoms. The SMILES string of the molecule is COc1ccc2cc1Oc1ccc(cc1)CC1c3cc(c(OC)cc3CC[N+]1(C)CC(=O)O)Oc1c(OCI)c(OC)cc3c1C(C2)N(C)CC3. The molecule has 1 N–H and O–H groups in total. The average molecular weight is 808 g/mol. The first-order chi connectivity index (χ1) is 24.6. The Hall–Kier alpha value is -4.20. The van der Waals surface area contributed by atoms with E-state index in [4.69, 9.17) is 28.4 Å². The van der Waals surface area contributed by atoms with Crippen LogP contribution in [0.15, 0.2) is 60.7 Å². The minimum atomic E-state index is -0.830. The molecule has 268 valence electrons. The van der Waals surface area contributed by atoms with Crippen LogP contribution in [0.5, 0.6) is 46.0 Å². The largest absolute Gasteiger partial charge is 0.493 e. The van der Waals surface area contributed by atoms with Crippen LogP contribution in [0.1, 0.15) is 45.5 Å². The zero-order valence-electron chi connectivity index (χ0n) is 29.7. The second-order valence-corrected chi connectivity index (χ2v) is 14.4. The van der Waals surface area contributed by atoms with Crippen molar-refractivity contribution in [2.45, 2.75) is 37.8 Å². The normalized spacial score (nSPS) is 20.9. The maximum Gasteiger partial charge on any atom is 0.359 e. The van der Waals surface area contributed by atoms with Crippen molar-refractivity contribution in [2.75, 3.05) is 59.7 Å². The third kappa shape index (κ3) is 6.78. The number of aliphatic carboxylic acids is 1. The number of carboxylic acid groups (broad SMARTS) is 1. The third-order valence-electron chi connectivity index (χ3n) is 10.7. The molecule has 0 saturated heterocycles. The molecule has 0 amide bonds. The van der Waals surface area contributed by atoms with Crippen molar-refractivity contribution >= 4 is 28.6 Å². The second kappa shape index (κ2) is 14.4. The van der Waals surface area contributed by atoms with E-state index in [-0.39, 0.29) is 18.6 Å². The molecular formula is C40H44IN2O8+. The molecule has 4 heterocycles. The smallest absolute Gasteiger partial charge is 0.359 e. The van der Waals surface area contributed by atoms with E-state index in [2.05, 4.69) is 77.0 Å². The molecule has 0 fully saturated rings. The van der Waals surface area contributed by atoms with Crippen molar-refractivity contribution in [1.82, 2.24) is 4.90 Å². The molecule has 4 aromatic rings. The van der Waals surface area contributed by atoms with E-state index >= 15 is 0 Å². The minimum absolute atomic E-state index is 0.00525. The highest BCUT2D eigenvalue weighted by Gasteiger charge is 2.42. The minimum Gasteiger partial charge on any atom is -0.493 e. The number of fused-ring (bicyclic) bond motifs is 2. The Labute approximate surface area is 312 Å². The molecule has 3 unspecified atom stereocenters. The van der Waals surface area contributed by atoms with Gasteiger partial charge in [-0.1, -0.05) is 18.2 Å². The number of nitrogens with zero attached hydrogens (tertiary/aromatic N) is 2. The molecule has 10 nitrogen and oxygen atoms in total. The van der Waals surface area contributed by atoms with Crippen molar-refractivity contribution in [3.8, 4) is 46.0 Å². The van der Waals surface area contributed by atoms with Crippen LogP contribution in [0, 0.1) is 0 Å². The molecule has 4 aliphatic rings. The van der Waals surface area contributed by atoms with Crippen molar-refractivity contribution in [3.63, 3.8) is 0 Å². The summed E-state index contributed by atoms with van der Waals surface area (Å²) >= 11 is 2.20. The summed E-state index contributed by atoms with van der Waals surface area (Å²) in [4.78, 5) is 14.7. The lowest BCUT2D eigenvalue weighted by Gasteiger charge is -2.45. The summed E-state index contributed by atoms with van der Waals surface area (Å²) in [6.45, 7) is 1.52. The standard InChI is InChI=1S/C40H43IN2O8/c1-42-14-12-27-20-36(48-5)39(49-23-41)40-38(27)30(42)16-25-8-11-32(46-3)34(18-25)50-28-9-6-24(7-10-28)17-31-29-21-35(51-40)33(47-4)19-26(29)13-15-43(31,2)22-37(44)45/h6-11,18-21,30-31H,12-17,22-23H2,1-5H3/p+1. The van der Waals surface area contributed by atoms with Gasteiger partial charge in [-0.15, -0.1) is 0 Å². The van der Waals surface area contributed by atoms with Gasteiger partial charge < -0.3 is 38.0 Å². The molecule has 11 heteroatoms. The molecule has 51 heavy (non-hydrogen) atoms. The number of hydrogen-bond acceptors (Lipinski definition) is 8. The lowest BCUT2D eigenvalue weighted by Crippen LogP contribution is -2.54. The van der Waals surface area contributed by atoms with E-state index in [9.17, 15) is 9.90 Å². The van der Waals surface area contributed by atoms with Crippen LogP contribution in [0.2, 0.25) is 0 Å². The number of ether oxygens (including phenoxy) is 6. The summed E-state index contributed by atoms with van der Waals surface area (Å²) in [5.74, 6) is 4.01. The molecule has 0 saturated carbocycles. The topological polar surface area (TPSA) is 95.9 Å². The Morgan fingerprint density at radius 2 is 1.59 bits per heavy atom. The van der Waals surface area contributed by atoms with Crippen LogP contribution in [0.3, 0.4) is 0 Å². The van der Waals surface area contributed by atoms with Crippen LogP contribution in [-0.2, 0) is 30.5 Å². The quantitative estimate of drug-likeness (QED) is 0.116. The first-order valence-corrected chi connectivity index (χ1v) is 18.7. The summed E-state index contributed by atoms with van der Waals surface area (Å²) < 4.78 is 38.3. The van der Waals surface area contributed by atoms with Gasteiger partial charge in [0.15, 0.2) is 41.0 Å². The van der Waals surface area contributed by atoms with E-state index in [0.717, 1.165) is 46.3 Å². The van der Waals surface area contributed by atoms with Crippen LogP contribution in [0.4, 0.5) is 0 Å². The van der Waals surface area contributed by atoms with Crippen LogP contribution < -0.4 is 28.4 Å². The predicted molar refractivity (Wildman–Crippen MR) is 202 cm³/mol. The van der Waals surface area contributed by atoms with E-state index in [1.165, 1.54) is 0 Å². The predicted octanol–water partition coefficient (Wildman–Crippen LogP) is 7.52. The van der Waals surface area contributed by atoms with Gasteiger partial charge >= 0.3 is 5.97 Å². The summed E-state index contributed by atoms with van der Waals surface area (Å²) in [5.41, 5.74) is 6.48. The Morgan fingerprint density at radius 1 is 0.882 bits per heavy atom. The number of carbonyl (C=O) groups is 1. The third-order valence-corrected chi connectivity index (χ3v) is 11.0. The maximum absolute atomic E-state index is 12.3. The number of halogens is 1. The van der Waals surface area contributed by atoms with Gasteiger partial charge in [0.25, 0.3) is 0 Å². The number of alkyl halides is 1. The molecule has 4 aliphatic heterocycles. The molecule has 0 spiro atoms. The summed E-state index contributed by atoms with van der Waals surface area (Å²) in [7, 11) is 9.13. The molecule has 4 aromatic carbocycles. The summed E-state index contributed by atoms with van der Waals surface area (Å²) in [6.07, 6.45) is 2.81. The number of likely N-dealkylation sites (N-methyl/N-ethyl adjacent to an activating group) is 2. The Balaban J connectivity index is 1.49. The number of rotatable bonds is 7. The molecular weight excluding hydrogens is 763 g/mol. The zero-order valence-corrected chi connectivity index (χ0v) is 31.8. The highest BCUT2D eigenvalue weighted by atomic mass is 127. The van der Waals surface area contributed by atoms with E-state index in [1.54, 1.807) is 21.3 Å². The highest BCUT2D eigenvalue weighted by molar-refractivity contribution is 14.1. The maximum atomic E-state index is 12.3. The fourth-order valence-corrected chi connectivity index (χ4v) is 8.32. The van der Waals surface area contributed by atoms with Gasteiger partial charge in [0.2, 0.25) is 5.75 Å². The van der Waals surface area contributed by atoms with Gasteiger partial charge in [-0.3, -0.25) is 4.90 Å². The van der Waals surface area contributed by atoms with E-state index < -0.39 is 5.97 Å². The van der Waals surface area contributed by atoms with Gasteiger partial charge in [0.05, 0.1) is 34.9 Å². The molecule has 8 rings (SSSR count). The van der Waals surface area contributed by atoms with E-state index in [1.807, 2.05) is 25.2 Å². The molecule has 0 aromatic heterocycles. The van der Waals surface area contributed by atoms with Gasteiger partial charge in [-0.05, 0) is 107 Å². The lowest BCUT2D eigenvalue weighted by molar-refractivity contribution is -0.934. The van der Waals surface area contributed by atoms with Crippen LogP contribution >= 0.6 is 22.6 Å². The number of carboxylic acids is 1. The number of quaternary nitrogens is 1. The summed E-state index contributed by atoms with van der Waals surface area (Å²) in [5, 5.41) is 10.1. The monoisotopic (exact) mass is 807 g/mol. The van der Waals surface area contributed by atoms with Gasteiger partial charge in [0, 0.05) is 36.6 Å². The van der Waals surface area contributed by atoms with Crippen LogP contribution in [-0.4, -0.2) is 80.1 Å². The number of benzene rings is 4. The first-order valence-electron chi connectivity index (χ1n) is 17.2. The number of hydrogen-bond donors (Lipinski definition) is 1. The van der Waals surface area contributed by atoms with E-state index in [0.29, 0.717) is 80.9 Å². The first kappa shape index (κ1) is 35.2.